The number of hydrogen-bond acceptors (Lipinski definition) is 5. The van der Waals surface area contributed by atoms with Gasteiger partial charge >= 0.3 is 5.97 Å². The van der Waals surface area contributed by atoms with Crippen LogP contribution in [0.3, 0.4) is 0 Å². The highest BCUT2D eigenvalue weighted by molar-refractivity contribution is 5.96. The Hall–Kier alpha value is -2.50. The van der Waals surface area contributed by atoms with E-state index < -0.39 is 11.9 Å². The highest BCUT2D eigenvalue weighted by Gasteiger charge is 2.34. The van der Waals surface area contributed by atoms with E-state index in [0.29, 0.717) is 22.8 Å². The van der Waals surface area contributed by atoms with Crippen LogP contribution < -0.4 is 14.8 Å². The topological polar surface area (TPSA) is 73.9 Å². The van der Waals surface area contributed by atoms with E-state index in [-0.39, 0.29) is 12.3 Å². The van der Waals surface area contributed by atoms with Crippen LogP contribution in [-0.2, 0) is 14.3 Å². The van der Waals surface area contributed by atoms with Crippen LogP contribution in [0.25, 0.3) is 0 Å². The molecular formula is C16H19NO5. The molecule has 0 aromatic heterocycles. The number of rotatable bonds is 4. The molecule has 118 valence electrons. The molecular weight excluding hydrogens is 286 g/mol. The Morgan fingerprint density at radius 3 is 2.55 bits per heavy atom. The predicted molar refractivity (Wildman–Crippen MR) is 79.8 cm³/mol. The van der Waals surface area contributed by atoms with Crippen LogP contribution in [0.2, 0.25) is 0 Å². The van der Waals surface area contributed by atoms with E-state index in [9.17, 15) is 9.59 Å². The highest BCUT2D eigenvalue weighted by Crippen LogP contribution is 2.39. The Balaban J connectivity index is 2.59. The third kappa shape index (κ3) is 2.90. The van der Waals surface area contributed by atoms with E-state index in [2.05, 4.69) is 5.32 Å². The van der Waals surface area contributed by atoms with E-state index in [4.69, 9.17) is 14.2 Å². The summed E-state index contributed by atoms with van der Waals surface area (Å²) in [6.07, 6.45) is 0.144. The summed E-state index contributed by atoms with van der Waals surface area (Å²) < 4.78 is 15.5. The lowest BCUT2D eigenvalue weighted by molar-refractivity contribution is -0.136. The monoisotopic (exact) mass is 305 g/mol. The molecule has 2 rings (SSSR count). The number of amides is 1. The van der Waals surface area contributed by atoms with Crippen molar-refractivity contribution in [3.05, 3.63) is 35.0 Å². The maximum Gasteiger partial charge on any atom is 0.336 e. The first kappa shape index (κ1) is 15.9. The average Bonchev–Trinajstić information content (AvgIpc) is 2.52. The second kappa shape index (κ2) is 6.51. The lowest BCUT2D eigenvalue weighted by Gasteiger charge is -2.27. The summed E-state index contributed by atoms with van der Waals surface area (Å²) in [5.74, 6) is 0.164. The Morgan fingerprint density at radius 1 is 1.23 bits per heavy atom. The van der Waals surface area contributed by atoms with E-state index >= 15 is 0 Å². The first-order valence-corrected chi connectivity index (χ1v) is 6.82. The molecule has 1 N–H and O–H groups in total. The zero-order valence-corrected chi connectivity index (χ0v) is 13.1. The summed E-state index contributed by atoms with van der Waals surface area (Å²) in [5, 5.41) is 2.68. The van der Waals surface area contributed by atoms with E-state index in [1.165, 1.54) is 7.11 Å². The Kier molecular flexibility index (Phi) is 4.70. The van der Waals surface area contributed by atoms with Gasteiger partial charge in [0.05, 0.1) is 26.9 Å². The molecule has 1 aliphatic heterocycles. The summed E-state index contributed by atoms with van der Waals surface area (Å²) >= 11 is 0. The lowest BCUT2D eigenvalue weighted by Crippen LogP contribution is -2.34. The highest BCUT2D eigenvalue weighted by atomic mass is 16.5. The van der Waals surface area contributed by atoms with Crippen LogP contribution >= 0.6 is 0 Å². The van der Waals surface area contributed by atoms with Crippen molar-refractivity contribution in [2.24, 2.45) is 0 Å². The quantitative estimate of drug-likeness (QED) is 0.858. The normalized spacial score (nSPS) is 17.8. The van der Waals surface area contributed by atoms with Crippen LogP contribution in [0.15, 0.2) is 29.5 Å². The number of nitrogens with one attached hydrogen (secondary N) is 1. The number of carbonyl (C=O) groups is 2. The summed E-state index contributed by atoms with van der Waals surface area (Å²) in [7, 11) is 4.42. The molecule has 0 saturated heterocycles. The minimum absolute atomic E-state index is 0.144. The average molecular weight is 305 g/mol. The van der Waals surface area contributed by atoms with Gasteiger partial charge in [0.1, 0.15) is 11.5 Å². The van der Waals surface area contributed by atoms with Gasteiger partial charge in [-0.15, -0.1) is 0 Å². The minimum atomic E-state index is -0.465. The number of allylic oxidation sites excluding steroid dienone is 1. The molecule has 1 aliphatic rings. The fourth-order valence-corrected chi connectivity index (χ4v) is 2.66. The number of benzene rings is 1. The summed E-state index contributed by atoms with van der Waals surface area (Å²) in [6.45, 7) is 1.68. The largest absolute Gasteiger partial charge is 0.497 e. The van der Waals surface area contributed by atoms with Gasteiger partial charge in [0.25, 0.3) is 0 Å². The van der Waals surface area contributed by atoms with Crippen LogP contribution in [-0.4, -0.2) is 33.2 Å². The number of esters is 1. The van der Waals surface area contributed by atoms with Gasteiger partial charge in [0.2, 0.25) is 5.91 Å². The number of carbonyl (C=O) groups excluding carboxylic acids is 2. The van der Waals surface area contributed by atoms with Crippen LogP contribution in [0, 0.1) is 0 Å². The van der Waals surface area contributed by atoms with Crippen molar-refractivity contribution in [1.82, 2.24) is 5.32 Å². The van der Waals surface area contributed by atoms with Crippen LogP contribution in [0.5, 0.6) is 11.5 Å². The Labute approximate surface area is 129 Å². The first-order chi connectivity index (χ1) is 10.5. The molecule has 22 heavy (non-hydrogen) atoms. The molecule has 1 aromatic rings. The van der Waals surface area contributed by atoms with Crippen molar-refractivity contribution in [3.63, 3.8) is 0 Å². The Bertz CT molecular complexity index is 635. The van der Waals surface area contributed by atoms with Gasteiger partial charge in [-0.25, -0.2) is 4.79 Å². The standard InChI is InChI=1S/C16H19NO5/c1-9-15(16(19)22-4)12(8-14(18)17-9)11-7-10(20-2)5-6-13(11)21-3/h5-7,12H,8H2,1-4H3,(H,17,18)/t12-/m0/s1. The van der Waals surface area contributed by atoms with Gasteiger partial charge in [0, 0.05) is 23.6 Å². The molecule has 1 aromatic carbocycles. The number of hydrogen-bond donors (Lipinski definition) is 1. The van der Waals surface area contributed by atoms with Gasteiger partial charge in [-0.1, -0.05) is 0 Å². The van der Waals surface area contributed by atoms with Crippen molar-refractivity contribution >= 4 is 11.9 Å². The molecule has 0 aliphatic carbocycles. The molecule has 0 fully saturated rings. The predicted octanol–water partition coefficient (Wildman–Crippen LogP) is 1.75. The molecule has 6 nitrogen and oxygen atoms in total. The molecule has 1 heterocycles. The van der Waals surface area contributed by atoms with E-state index in [1.54, 1.807) is 39.3 Å². The van der Waals surface area contributed by atoms with Crippen molar-refractivity contribution in [3.8, 4) is 11.5 Å². The summed E-state index contributed by atoms with van der Waals surface area (Å²) in [4.78, 5) is 24.0. The van der Waals surface area contributed by atoms with Crippen molar-refractivity contribution in [2.45, 2.75) is 19.3 Å². The Morgan fingerprint density at radius 2 is 1.95 bits per heavy atom. The second-order valence-corrected chi connectivity index (χ2v) is 4.94. The molecule has 0 bridgehead atoms. The number of ether oxygens (including phenoxy) is 3. The smallest absolute Gasteiger partial charge is 0.336 e. The molecule has 1 amide bonds. The van der Waals surface area contributed by atoms with Gasteiger partial charge in [0.15, 0.2) is 0 Å². The van der Waals surface area contributed by atoms with Gasteiger partial charge in [-0.05, 0) is 25.1 Å². The lowest BCUT2D eigenvalue weighted by atomic mass is 9.84. The maximum atomic E-state index is 12.1. The fraction of sp³-hybridized carbons (Fsp3) is 0.375. The van der Waals surface area contributed by atoms with Crippen molar-refractivity contribution in [1.29, 1.82) is 0 Å². The third-order valence-electron chi connectivity index (χ3n) is 3.69. The van der Waals surface area contributed by atoms with Gasteiger partial charge in [-0.2, -0.15) is 0 Å². The molecule has 0 radical (unpaired) electrons. The van der Waals surface area contributed by atoms with E-state index in [1.807, 2.05) is 0 Å². The molecule has 0 saturated carbocycles. The summed E-state index contributed by atoms with van der Waals surface area (Å²) in [5.41, 5.74) is 1.64. The zero-order chi connectivity index (χ0) is 16.3. The number of methoxy groups -OCH3 is 3. The minimum Gasteiger partial charge on any atom is -0.497 e. The molecule has 6 heteroatoms. The van der Waals surface area contributed by atoms with Crippen molar-refractivity contribution < 1.29 is 23.8 Å². The fourth-order valence-electron chi connectivity index (χ4n) is 2.66. The molecule has 0 unspecified atom stereocenters. The van der Waals surface area contributed by atoms with Crippen LogP contribution in [0.4, 0.5) is 0 Å². The first-order valence-electron chi connectivity index (χ1n) is 6.82. The third-order valence-corrected chi connectivity index (χ3v) is 3.69. The van der Waals surface area contributed by atoms with Gasteiger partial charge in [-0.3, -0.25) is 4.79 Å². The molecule has 0 spiro atoms. The van der Waals surface area contributed by atoms with E-state index in [0.717, 1.165) is 5.56 Å². The van der Waals surface area contributed by atoms with Crippen molar-refractivity contribution in [2.75, 3.05) is 21.3 Å². The second-order valence-electron chi connectivity index (χ2n) is 4.94. The molecule has 1 atom stereocenters. The maximum absolute atomic E-state index is 12.1. The SMILES string of the molecule is COC(=O)C1=C(C)NC(=O)C[C@H]1c1cc(OC)ccc1OC. The van der Waals surface area contributed by atoms with Crippen LogP contribution in [0.1, 0.15) is 24.8 Å². The van der Waals surface area contributed by atoms with Gasteiger partial charge < -0.3 is 19.5 Å². The summed E-state index contributed by atoms with van der Waals surface area (Å²) in [6, 6.07) is 5.29. The zero-order valence-electron chi connectivity index (χ0n) is 13.1.